The van der Waals surface area contributed by atoms with Gasteiger partial charge in [-0.2, -0.15) is 0 Å². The summed E-state index contributed by atoms with van der Waals surface area (Å²) in [7, 11) is 0. The predicted molar refractivity (Wildman–Crippen MR) is 97.4 cm³/mol. The van der Waals surface area contributed by atoms with Crippen molar-refractivity contribution in [3.8, 4) is 11.5 Å². The SMILES string of the molecule is C[C@@H](NC(=O)COC(=O)C1(c2ccccc2)CC1)c1ccc2c(c1)OCO2. The van der Waals surface area contributed by atoms with Crippen molar-refractivity contribution in [1.82, 2.24) is 5.32 Å². The Labute approximate surface area is 157 Å². The Morgan fingerprint density at radius 2 is 1.85 bits per heavy atom. The van der Waals surface area contributed by atoms with Gasteiger partial charge < -0.3 is 19.5 Å². The van der Waals surface area contributed by atoms with Gasteiger partial charge in [0.25, 0.3) is 5.91 Å². The summed E-state index contributed by atoms with van der Waals surface area (Å²) in [5, 5.41) is 2.84. The van der Waals surface area contributed by atoms with Crippen LogP contribution >= 0.6 is 0 Å². The highest BCUT2D eigenvalue weighted by molar-refractivity contribution is 5.89. The first kappa shape index (κ1) is 17.4. The van der Waals surface area contributed by atoms with Gasteiger partial charge in [0.05, 0.1) is 11.5 Å². The van der Waals surface area contributed by atoms with Crippen molar-refractivity contribution in [2.75, 3.05) is 13.4 Å². The van der Waals surface area contributed by atoms with E-state index >= 15 is 0 Å². The Morgan fingerprint density at radius 3 is 2.59 bits per heavy atom. The molecule has 2 aromatic carbocycles. The topological polar surface area (TPSA) is 73.9 Å². The maximum Gasteiger partial charge on any atom is 0.317 e. The molecule has 1 aliphatic carbocycles. The van der Waals surface area contributed by atoms with Crippen LogP contribution in [0.25, 0.3) is 0 Å². The number of amides is 1. The van der Waals surface area contributed by atoms with E-state index in [4.69, 9.17) is 14.2 Å². The van der Waals surface area contributed by atoms with Crippen molar-refractivity contribution in [3.05, 3.63) is 59.7 Å². The van der Waals surface area contributed by atoms with Crippen LogP contribution in [-0.2, 0) is 19.7 Å². The zero-order valence-electron chi connectivity index (χ0n) is 15.1. The quantitative estimate of drug-likeness (QED) is 0.795. The summed E-state index contributed by atoms with van der Waals surface area (Å²) in [6.07, 6.45) is 1.51. The van der Waals surface area contributed by atoms with Crippen LogP contribution in [0.3, 0.4) is 0 Å². The lowest BCUT2D eigenvalue weighted by Gasteiger charge is -2.17. The predicted octanol–water partition coefficient (Wildman–Crippen LogP) is 2.87. The molecule has 1 atom stereocenters. The van der Waals surface area contributed by atoms with Gasteiger partial charge in [-0.15, -0.1) is 0 Å². The molecule has 140 valence electrons. The fraction of sp³-hybridized carbons (Fsp3) is 0.333. The third-order valence-electron chi connectivity index (χ3n) is 5.08. The Bertz CT molecular complexity index is 860. The maximum absolute atomic E-state index is 12.5. The van der Waals surface area contributed by atoms with Crippen molar-refractivity contribution < 1.29 is 23.8 Å². The second-order valence-electron chi connectivity index (χ2n) is 6.93. The lowest BCUT2D eigenvalue weighted by molar-refractivity contribution is -0.151. The second kappa shape index (κ2) is 6.95. The van der Waals surface area contributed by atoms with E-state index in [9.17, 15) is 9.59 Å². The minimum atomic E-state index is -0.579. The van der Waals surface area contributed by atoms with Crippen LogP contribution in [0.5, 0.6) is 11.5 Å². The van der Waals surface area contributed by atoms with Crippen molar-refractivity contribution in [1.29, 1.82) is 0 Å². The summed E-state index contributed by atoms with van der Waals surface area (Å²) in [6, 6.07) is 14.9. The van der Waals surface area contributed by atoms with E-state index in [0.29, 0.717) is 11.5 Å². The zero-order valence-corrected chi connectivity index (χ0v) is 15.1. The molecule has 6 heteroatoms. The molecule has 2 aliphatic rings. The molecule has 0 spiro atoms. The molecule has 6 nitrogen and oxygen atoms in total. The minimum Gasteiger partial charge on any atom is -0.455 e. The van der Waals surface area contributed by atoms with Crippen LogP contribution in [0.2, 0.25) is 0 Å². The van der Waals surface area contributed by atoms with Crippen LogP contribution < -0.4 is 14.8 Å². The number of hydrogen-bond donors (Lipinski definition) is 1. The third-order valence-corrected chi connectivity index (χ3v) is 5.08. The highest BCUT2D eigenvalue weighted by Gasteiger charge is 2.52. The maximum atomic E-state index is 12.5. The van der Waals surface area contributed by atoms with Gasteiger partial charge in [0, 0.05) is 0 Å². The Hall–Kier alpha value is -3.02. The first-order chi connectivity index (χ1) is 13.1. The first-order valence-electron chi connectivity index (χ1n) is 9.00. The normalized spacial score (nSPS) is 17.1. The van der Waals surface area contributed by atoms with Gasteiger partial charge in [-0.1, -0.05) is 36.4 Å². The average molecular weight is 367 g/mol. The smallest absolute Gasteiger partial charge is 0.317 e. The van der Waals surface area contributed by atoms with E-state index in [1.54, 1.807) is 0 Å². The molecular weight excluding hydrogens is 346 g/mol. The van der Waals surface area contributed by atoms with Gasteiger partial charge in [-0.3, -0.25) is 9.59 Å². The van der Waals surface area contributed by atoms with Gasteiger partial charge in [0.1, 0.15) is 0 Å². The molecule has 1 fully saturated rings. The largest absolute Gasteiger partial charge is 0.455 e. The lowest BCUT2D eigenvalue weighted by Crippen LogP contribution is -2.33. The second-order valence-corrected chi connectivity index (χ2v) is 6.93. The molecule has 0 radical (unpaired) electrons. The molecular formula is C21H21NO5. The molecule has 0 unspecified atom stereocenters. The lowest BCUT2D eigenvalue weighted by atomic mass is 9.96. The van der Waals surface area contributed by atoms with Crippen LogP contribution in [0.1, 0.15) is 36.9 Å². The standard InChI is InChI=1S/C21H21NO5/c1-14(15-7-8-17-18(11-15)27-13-26-17)22-19(23)12-25-20(24)21(9-10-21)16-5-3-2-4-6-16/h2-8,11,14H,9-10,12-13H2,1H3,(H,22,23)/t14-/m1/s1. The molecule has 1 N–H and O–H groups in total. The number of nitrogens with one attached hydrogen (secondary N) is 1. The first-order valence-corrected chi connectivity index (χ1v) is 9.00. The third kappa shape index (κ3) is 3.47. The molecule has 1 heterocycles. The fourth-order valence-corrected chi connectivity index (χ4v) is 3.31. The van der Waals surface area contributed by atoms with Gasteiger partial charge >= 0.3 is 5.97 Å². The van der Waals surface area contributed by atoms with Crippen LogP contribution in [0, 0.1) is 0 Å². The summed E-state index contributed by atoms with van der Waals surface area (Å²) in [5.74, 6) is 0.692. The van der Waals surface area contributed by atoms with E-state index in [1.165, 1.54) is 0 Å². The summed E-state index contributed by atoms with van der Waals surface area (Å²) >= 11 is 0. The monoisotopic (exact) mass is 367 g/mol. The van der Waals surface area contributed by atoms with Crippen molar-refractivity contribution in [2.45, 2.75) is 31.2 Å². The van der Waals surface area contributed by atoms with Crippen molar-refractivity contribution in [3.63, 3.8) is 0 Å². The Morgan fingerprint density at radius 1 is 1.11 bits per heavy atom. The molecule has 0 bridgehead atoms. The summed E-state index contributed by atoms with van der Waals surface area (Å²) < 4.78 is 15.9. The van der Waals surface area contributed by atoms with Gasteiger partial charge in [-0.25, -0.2) is 0 Å². The number of esters is 1. The molecule has 2 aromatic rings. The Kier molecular flexibility index (Phi) is 4.48. The highest BCUT2D eigenvalue weighted by Crippen LogP contribution is 2.49. The number of rotatable bonds is 6. The number of benzene rings is 2. The summed E-state index contributed by atoms with van der Waals surface area (Å²) in [6.45, 7) is 1.78. The molecule has 1 aliphatic heterocycles. The molecule has 27 heavy (non-hydrogen) atoms. The molecule has 1 saturated carbocycles. The van der Waals surface area contributed by atoms with Crippen LogP contribution in [0.15, 0.2) is 48.5 Å². The van der Waals surface area contributed by atoms with Gasteiger partial charge in [-0.05, 0) is 43.0 Å². The van der Waals surface area contributed by atoms with Crippen molar-refractivity contribution in [2.24, 2.45) is 0 Å². The number of ether oxygens (including phenoxy) is 3. The average Bonchev–Trinajstić information content (AvgIpc) is 3.37. The number of carbonyl (C=O) groups is 2. The van der Waals surface area contributed by atoms with E-state index in [-0.39, 0.29) is 31.3 Å². The minimum absolute atomic E-state index is 0.207. The molecule has 4 rings (SSSR count). The molecule has 0 saturated heterocycles. The summed E-state index contributed by atoms with van der Waals surface area (Å²) in [5.41, 5.74) is 1.26. The van der Waals surface area contributed by atoms with E-state index < -0.39 is 5.41 Å². The fourth-order valence-electron chi connectivity index (χ4n) is 3.31. The van der Waals surface area contributed by atoms with Crippen LogP contribution in [-0.4, -0.2) is 25.3 Å². The van der Waals surface area contributed by atoms with Gasteiger partial charge in [0.15, 0.2) is 18.1 Å². The number of carbonyl (C=O) groups excluding carboxylic acids is 2. The van der Waals surface area contributed by atoms with Gasteiger partial charge in [0.2, 0.25) is 6.79 Å². The van der Waals surface area contributed by atoms with E-state index in [0.717, 1.165) is 24.0 Å². The van der Waals surface area contributed by atoms with Crippen LogP contribution in [0.4, 0.5) is 0 Å². The molecule has 1 amide bonds. The van der Waals surface area contributed by atoms with E-state index in [1.807, 2.05) is 55.5 Å². The number of hydrogen-bond acceptors (Lipinski definition) is 5. The molecule has 0 aromatic heterocycles. The zero-order chi connectivity index (χ0) is 18.9. The van der Waals surface area contributed by atoms with Crippen molar-refractivity contribution >= 4 is 11.9 Å². The van der Waals surface area contributed by atoms with E-state index in [2.05, 4.69) is 5.32 Å². The summed E-state index contributed by atoms with van der Waals surface area (Å²) in [4.78, 5) is 24.7. The Balaban J connectivity index is 1.31. The highest BCUT2D eigenvalue weighted by atomic mass is 16.7. The number of fused-ring (bicyclic) bond motifs is 1.